The molecule has 10 heteroatoms. The zero-order valence-corrected chi connectivity index (χ0v) is 28.5. The molecule has 2 aliphatic carbocycles. The predicted octanol–water partition coefficient (Wildman–Crippen LogP) is 6.47. The van der Waals surface area contributed by atoms with Crippen molar-refractivity contribution in [2.24, 2.45) is 22.9 Å². The standard InChI is InChI=1S/C37H54N2O8/c1-7-9-21-44-35(43)39(6)32-24-30(38-47-36(3,4)5)28-22-25(14-10-12-18-40)27(15-11-13-19-41)33-29-23-26(42)16-17-31(29)46-37(32,34(28)33)45-20-8-2/h7-8,16-17,22-23,25,27,32-34,40-42H,1-2,9-15,18-21,24H2,3-6H3. The van der Waals surface area contributed by atoms with E-state index in [-0.39, 0.29) is 56.4 Å². The van der Waals surface area contributed by atoms with Crippen molar-refractivity contribution in [1.29, 1.82) is 0 Å². The predicted molar refractivity (Wildman–Crippen MR) is 181 cm³/mol. The van der Waals surface area contributed by atoms with Gasteiger partial charge in [0.15, 0.2) is 0 Å². The Labute approximate surface area is 279 Å². The van der Waals surface area contributed by atoms with Gasteiger partial charge in [0.2, 0.25) is 5.79 Å². The Hall–Kier alpha value is -3.34. The number of ether oxygens (including phenoxy) is 3. The van der Waals surface area contributed by atoms with E-state index in [9.17, 15) is 20.1 Å². The molecular weight excluding hydrogens is 600 g/mol. The summed E-state index contributed by atoms with van der Waals surface area (Å²) in [6.45, 7) is 14.0. The number of aliphatic hydroxyl groups is 2. The molecular formula is C37H54N2O8. The number of rotatable bonds is 16. The minimum Gasteiger partial charge on any atom is -0.508 e. The van der Waals surface area contributed by atoms with Crippen molar-refractivity contribution in [2.45, 2.75) is 95.5 Å². The third kappa shape index (κ3) is 8.21. The lowest BCUT2D eigenvalue weighted by atomic mass is 9.55. The second-order valence-electron chi connectivity index (χ2n) is 13.8. The molecule has 0 bridgehead atoms. The SMILES string of the molecule is C=CCCOC(=O)N(C)C1CC(=NOC(C)(C)C)C2=CC(CCCCO)C(CCCCO)C3c4cc(O)ccc4OC1(OCC=C)C23. The fourth-order valence-electron chi connectivity index (χ4n) is 7.39. The number of amides is 1. The number of unbranched alkanes of at least 4 members (excludes halogenated alkanes) is 2. The normalized spacial score (nSPS) is 27.1. The summed E-state index contributed by atoms with van der Waals surface area (Å²) in [4.78, 5) is 21.2. The summed E-state index contributed by atoms with van der Waals surface area (Å²) in [5.41, 5.74) is 1.95. The van der Waals surface area contributed by atoms with Gasteiger partial charge >= 0.3 is 6.09 Å². The molecule has 3 aliphatic rings. The van der Waals surface area contributed by atoms with Crippen molar-refractivity contribution in [3.05, 3.63) is 60.7 Å². The quantitative estimate of drug-likeness (QED) is 0.105. The van der Waals surface area contributed by atoms with E-state index in [4.69, 9.17) is 24.2 Å². The molecule has 10 nitrogen and oxygen atoms in total. The van der Waals surface area contributed by atoms with Gasteiger partial charge < -0.3 is 39.3 Å². The summed E-state index contributed by atoms with van der Waals surface area (Å²) in [6, 6.07) is 4.49. The number of carbonyl (C=O) groups excluding carboxylic acids is 1. The zero-order chi connectivity index (χ0) is 34.2. The van der Waals surface area contributed by atoms with Gasteiger partial charge in [-0.15, -0.1) is 13.2 Å². The van der Waals surface area contributed by atoms with Gasteiger partial charge in [-0.05, 0) is 88.5 Å². The molecule has 0 spiro atoms. The Balaban J connectivity index is 1.98. The number of benzene rings is 1. The second kappa shape index (κ2) is 16.2. The van der Waals surface area contributed by atoms with Gasteiger partial charge in [-0.1, -0.05) is 36.2 Å². The molecule has 47 heavy (non-hydrogen) atoms. The Morgan fingerprint density at radius 1 is 1.13 bits per heavy atom. The lowest BCUT2D eigenvalue weighted by molar-refractivity contribution is -0.253. The molecule has 1 aromatic carbocycles. The van der Waals surface area contributed by atoms with Gasteiger partial charge in [-0.2, -0.15) is 0 Å². The van der Waals surface area contributed by atoms with Crippen LogP contribution in [0, 0.1) is 17.8 Å². The van der Waals surface area contributed by atoms with Crippen LogP contribution in [-0.2, 0) is 14.3 Å². The largest absolute Gasteiger partial charge is 0.508 e. The molecule has 6 atom stereocenters. The van der Waals surface area contributed by atoms with E-state index in [1.165, 1.54) is 0 Å². The Morgan fingerprint density at radius 3 is 2.51 bits per heavy atom. The van der Waals surface area contributed by atoms with Gasteiger partial charge in [-0.25, -0.2) is 4.79 Å². The van der Waals surface area contributed by atoms with E-state index < -0.39 is 29.4 Å². The van der Waals surface area contributed by atoms with Crippen molar-refractivity contribution in [1.82, 2.24) is 4.90 Å². The lowest BCUT2D eigenvalue weighted by Gasteiger charge is -2.59. The van der Waals surface area contributed by atoms with E-state index in [0.29, 0.717) is 30.7 Å². The third-order valence-electron chi connectivity index (χ3n) is 9.39. The van der Waals surface area contributed by atoms with Crippen molar-refractivity contribution in [3.63, 3.8) is 0 Å². The van der Waals surface area contributed by atoms with Gasteiger partial charge in [0.05, 0.1) is 24.8 Å². The number of phenols is 1. The first kappa shape index (κ1) is 36.5. The van der Waals surface area contributed by atoms with Gasteiger partial charge in [0, 0.05) is 38.2 Å². The van der Waals surface area contributed by atoms with E-state index in [1.54, 1.807) is 42.3 Å². The Kier molecular flexibility index (Phi) is 12.6. The van der Waals surface area contributed by atoms with Crippen LogP contribution >= 0.6 is 0 Å². The number of likely N-dealkylation sites (N-methyl/N-ethyl adjacent to an activating group) is 1. The minimum atomic E-state index is -1.35. The molecule has 260 valence electrons. The highest BCUT2D eigenvalue weighted by Crippen LogP contribution is 2.61. The molecule has 0 radical (unpaired) electrons. The molecule has 1 aliphatic heterocycles. The monoisotopic (exact) mass is 654 g/mol. The summed E-state index contributed by atoms with van der Waals surface area (Å²) in [5, 5.41) is 34.9. The summed E-state index contributed by atoms with van der Waals surface area (Å²) in [6.07, 6.45) is 10.6. The smallest absolute Gasteiger partial charge is 0.409 e. The number of fused-ring (bicyclic) bond motifs is 2. The van der Waals surface area contributed by atoms with E-state index >= 15 is 0 Å². The molecule has 4 rings (SSSR count). The van der Waals surface area contributed by atoms with Crippen LogP contribution in [0.15, 0.2) is 60.3 Å². The van der Waals surface area contributed by atoms with E-state index in [0.717, 1.165) is 36.8 Å². The topological polar surface area (TPSA) is 130 Å². The van der Waals surface area contributed by atoms with Crippen LogP contribution in [0.1, 0.15) is 83.6 Å². The van der Waals surface area contributed by atoms with Crippen molar-refractivity contribution in [3.8, 4) is 11.5 Å². The number of hydrogen-bond acceptors (Lipinski definition) is 9. The first-order valence-electron chi connectivity index (χ1n) is 17.0. The number of nitrogens with zero attached hydrogens (tertiary/aromatic N) is 2. The number of allylic oxidation sites excluding steroid dienone is 1. The Morgan fingerprint density at radius 2 is 1.85 bits per heavy atom. The molecule has 1 aromatic rings. The summed E-state index contributed by atoms with van der Waals surface area (Å²) < 4.78 is 19.4. The van der Waals surface area contributed by atoms with Gasteiger partial charge in [0.25, 0.3) is 0 Å². The van der Waals surface area contributed by atoms with E-state index in [1.807, 2.05) is 20.8 Å². The Bertz CT molecular complexity index is 1300. The summed E-state index contributed by atoms with van der Waals surface area (Å²) in [7, 11) is 1.70. The molecule has 3 N–H and O–H groups in total. The van der Waals surface area contributed by atoms with Crippen molar-refractivity contribution in [2.75, 3.05) is 33.5 Å². The molecule has 1 heterocycles. The minimum absolute atomic E-state index is 0.0820. The van der Waals surface area contributed by atoms with Crippen LogP contribution in [0.3, 0.4) is 0 Å². The first-order chi connectivity index (χ1) is 22.5. The molecule has 1 fully saturated rings. The fourth-order valence-corrected chi connectivity index (χ4v) is 7.39. The number of aromatic hydroxyl groups is 1. The first-order valence-corrected chi connectivity index (χ1v) is 17.0. The molecule has 0 saturated heterocycles. The maximum Gasteiger partial charge on any atom is 0.409 e. The molecule has 1 amide bonds. The van der Waals surface area contributed by atoms with Gasteiger partial charge in [0.1, 0.15) is 23.1 Å². The molecule has 6 unspecified atom stereocenters. The highest BCUT2D eigenvalue weighted by Gasteiger charge is 2.65. The number of hydrogen-bond donors (Lipinski definition) is 3. The van der Waals surface area contributed by atoms with E-state index in [2.05, 4.69) is 19.2 Å². The van der Waals surface area contributed by atoms with Crippen molar-refractivity contribution < 1.29 is 39.2 Å². The highest BCUT2D eigenvalue weighted by atomic mass is 16.7. The maximum atomic E-state index is 13.6. The second-order valence-corrected chi connectivity index (χ2v) is 13.8. The number of aliphatic hydroxyl groups excluding tert-OH is 2. The van der Waals surface area contributed by atoms with Crippen LogP contribution in [0.25, 0.3) is 0 Å². The maximum absolute atomic E-state index is 13.6. The third-order valence-corrected chi connectivity index (χ3v) is 9.39. The van der Waals surface area contributed by atoms with Crippen LogP contribution in [0.5, 0.6) is 11.5 Å². The molecule has 0 aromatic heterocycles. The van der Waals surface area contributed by atoms with Crippen molar-refractivity contribution >= 4 is 11.8 Å². The number of oxime groups is 1. The summed E-state index contributed by atoms with van der Waals surface area (Å²) >= 11 is 0. The highest BCUT2D eigenvalue weighted by molar-refractivity contribution is 6.02. The van der Waals surface area contributed by atoms with Crippen LogP contribution in [0.4, 0.5) is 4.79 Å². The summed E-state index contributed by atoms with van der Waals surface area (Å²) in [5.74, 6) is -1.07. The lowest BCUT2D eigenvalue weighted by Crippen LogP contribution is -2.69. The van der Waals surface area contributed by atoms with Crippen LogP contribution in [-0.4, -0.2) is 82.9 Å². The fraction of sp³-hybridized carbons (Fsp3) is 0.622. The van der Waals surface area contributed by atoms with Gasteiger partial charge in [-0.3, -0.25) is 0 Å². The average molecular weight is 655 g/mol. The number of carbonyl (C=O) groups is 1. The number of phenolic OH excluding ortho intramolecular Hbond substituents is 1. The van der Waals surface area contributed by atoms with Crippen LogP contribution in [0.2, 0.25) is 0 Å². The average Bonchev–Trinajstić information content (AvgIpc) is 3.03. The zero-order valence-electron chi connectivity index (χ0n) is 28.5. The van der Waals surface area contributed by atoms with Crippen LogP contribution < -0.4 is 4.74 Å². The molecule has 1 saturated carbocycles.